The molecule has 2 bridgehead atoms. The first-order chi connectivity index (χ1) is 15.0. The molecule has 2 heterocycles. The van der Waals surface area contributed by atoms with Gasteiger partial charge in [0.25, 0.3) is 0 Å². The number of aliphatic hydroxyl groups excluding tert-OH is 2. The molecule has 4 aliphatic carbocycles. The number of Topliss-reactive ketones (excluding diaryl/α,β-unsaturated/α-hetero) is 1. The van der Waals surface area contributed by atoms with E-state index in [1.807, 2.05) is 6.92 Å². The summed E-state index contributed by atoms with van der Waals surface area (Å²) in [4.78, 5) is 20.1. The smallest absolute Gasteiger partial charge is 0.225 e. The van der Waals surface area contributed by atoms with Gasteiger partial charge in [-0.2, -0.15) is 0 Å². The number of ether oxygens (including phenoxy) is 1. The molecule has 5 N–H and O–H groups in total. The largest absolute Gasteiger partial charge is 0.414 e. The van der Waals surface area contributed by atoms with Crippen molar-refractivity contribution in [3.8, 4) is 0 Å². The Hall–Kier alpha value is -1.04. The van der Waals surface area contributed by atoms with Crippen molar-refractivity contribution < 1.29 is 24.9 Å². The van der Waals surface area contributed by atoms with Crippen LogP contribution in [0.3, 0.4) is 0 Å². The first-order valence-corrected chi connectivity index (χ1v) is 12.2. The zero-order chi connectivity index (χ0) is 23.1. The molecule has 1 aromatic rings. The molecule has 2 spiro atoms. The molecular formula is C22H30BN3O5S. The molecule has 4 unspecified atom stereocenters. The van der Waals surface area contributed by atoms with Gasteiger partial charge in [0.15, 0.2) is 10.9 Å². The van der Waals surface area contributed by atoms with Crippen LogP contribution in [0.2, 0.25) is 0 Å². The maximum absolute atomic E-state index is 14.2. The van der Waals surface area contributed by atoms with E-state index in [2.05, 4.69) is 24.4 Å². The van der Waals surface area contributed by atoms with E-state index in [0.29, 0.717) is 30.9 Å². The van der Waals surface area contributed by atoms with Crippen molar-refractivity contribution >= 4 is 30.2 Å². The van der Waals surface area contributed by atoms with E-state index >= 15 is 0 Å². The van der Waals surface area contributed by atoms with E-state index in [-0.39, 0.29) is 11.7 Å². The Balaban J connectivity index is 1.67. The van der Waals surface area contributed by atoms with Crippen LogP contribution < -0.4 is 10.5 Å². The monoisotopic (exact) mass is 459 g/mol. The van der Waals surface area contributed by atoms with Crippen LogP contribution in [-0.2, 0) is 21.4 Å². The van der Waals surface area contributed by atoms with Crippen molar-refractivity contribution in [3.63, 3.8) is 0 Å². The second-order valence-electron chi connectivity index (χ2n) is 11.4. The number of aromatic nitrogens is 1. The standard InChI is InChI=1S/C22H30BN3O5S/c1-18(2)7-10-13(25-17(26-23)32-10)19(3)11-6-5-9-14(27)21(11,16(29)20(9)8-24-20)22(30,31-4)15(28)12(18)19/h9,11-12,14-15,24,27-28,30H,5-8H2,1-4H3,(H,25,26)/t9-,11?,12?,14-,15+,19+,20?,21-,22?/m1/s1. The molecule has 5 aliphatic rings. The van der Waals surface area contributed by atoms with Gasteiger partial charge >= 0.3 is 0 Å². The zero-order valence-electron chi connectivity index (χ0n) is 18.8. The molecule has 0 aromatic carbocycles. The Morgan fingerprint density at radius 3 is 2.53 bits per heavy atom. The SMILES string of the molecule is [B]Nc1nc2c(s1)CC(C)(C)C1[C@H](O)C(O)(OC)[C@]34C(=O)C5(CN5)[C@H](CCC3[C@]21C)[C@H]4O. The number of carbonyl (C=O) groups is 1. The molecule has 10 heteroatoms. The summed E-state index contributed by atoms with van der Waals surface area (Å²) in [5.74, 6) is -3.65. The molecular weight excluding hydrogens is 429 g/mol. The number of fused-ring (bicyclic) bond motifs is 6. The molecule has 1 aromatic heterocycles. The lowest BCUT2D eigenvalue weighted by atomic mass is 9.38. The summed E-state index contributed by atoms with van der Waals surface area (Å²) >= 11 is 1.49. The van der Waals surface area contributed by atoms with E-state index in [9.17, 15) is 20.1 Å². The first kappa shape index (κ1) is 21.5. The number of hydrogen-bond acceptors (Lipinski definition) is 9. The first-order valence-electron chi connectivity index (χ1n) is 11.4. The van der Waals surface area contributed by atoms with Crippen molar-refractivity contribution in [2.75, 3.05) is 18.9 Å². The van der Waals surface area contributed by atoms with Gasteiger partial charge in [-0.15, -0.1) is 11.3 Å². The minimum Gasteiger partial charge on any atom is -0.414 e. The molecule has 1 aliphatic heterocycles. The van der Waals surface area contributed by atoms with Crippen molar-refractivity contribution in [3.05, 3.63) is 10.6 Å². The lowest BCUT2D eigenvalue weighted by molar-refractivity contribution is -0.376. The third-order valence-corrected chi connectivity index (χ3v) is 10.9. The average Bonchev–Trinajstić information content (AvgIpc) is 3.42. The third-order valence-electron chi connectivity index (χ3n) is 9.91. The molecule has 32 heavy (non-hydrogen) atoms. The summed E-state index contributed by atoms with van der Waals surface area (Å²) in [5, 5.41) is 42.1. The second kappa shape index (κ2) is 5.96. The highest BCUT2D eigenvalue weighted by Crippen LogP contribution is 2.74. The molecule has 6 rings (SSSR count). The van der Waals surface area contributed by atoms with Crippen molar-refractivity contribution in [1.29, 1.82) is 0 Å². The molecule has 2 radical (unpaired) electrons. The van der Waals surface area contributed by atoms with Crippen LogP contribution in [0.5, 0.6) is 0 Å². The van der Waals surface area contributed by atoms with E-state index < -0.39 is 51.6 Å². The van der Waals surface area contributed by atoms with E-state index in [1.165, 1.54) is 18.4 Å². The Morgan fingerprint density at radius 2 is 1.94 bits per heavy atom. The normalized spacial score (nSPS) is 52.3. The van der Waals surface area contributed by atoms with Gasteiger partial charge in [-0.3, -0.25) is 4.79 Å². The quantitative estimate of drug-likeness (QED) is 0.239. The number of anilines is 1. The zero-order valence-corrected chi connectivity index (χ0v) is 19.6. The number of rotatable bonds is 2. The maximum atomic E-state index is 14.2. The van der Waals surface area contributed by atoms with Crippen LogP contribution in [0.25, 0.3) is 0 Å². The summed E-state index contributed by atoms with van der Waals surface area (Å²) in [6.45, 7) is 6.68. The van der Waals surface area contributed by atoms with Crippen molar-refractivity contribution in [2.45, 2.75) is 69.0 Å². The van der Waals surface area contributed by atoms with Crippen LogP contribution in [0.1, 0.15) is 44.2 Å². The Labute approximate surface area is 192 Å². The number of carbonyl (C=O) groups excluding carboxylic acids is 1. The number of hydrogen-bond donors (Lipinski definition) is 5. The summed E-state index contributed by atoms with van der Waals surface area (Å²) in [6, 6.07) is 0. The Bertz CT molecular complexity index is 1030. The van der Waals surface area contributed by atoms with Gasteiger partial charge in [0.05, 0.1) is 17.3 Å². The van der Waals surface area contributed by atoms with Gasteiger partial charge in [0.1, 0.15) is 11.5 Å². The minimum atomic E-state index is -2.20. The molecule has 172 valence electrons. The fourth-order valence-corrected chi connectivity index (χ4v) is 10.1. The van der Waals surface area contributed by atoms with E-state index in [1.54, 1.807) is 0 Å². The minimum absolute atomic E-state index is 0.231. The highest BCUT2D eigenvalue weighted by Gasteiger charge is 2.88. The number of aliphatic hydroxyl groups is 3. The lowest BCUT2D eigenvalue weighted by Gasteiger charge is -2.68. The number of methoxy groups -OCH3 is 1. The fourth-order valence-electron chi connectivity index (χ4n) is 8.85. The van der Waals surface area contributed by atoms with Gasteiger partial charge < -0.3 is 30.6 Å². The summed E-state index contributed by atoms with van der Waals surface area (Å²) in [6.07, 6.45) is -0.574. The van der Waals surface area contributed by atoms with E-state index in [0.717, 1.165) is 10.6 Å². The highest BCUT2D eigenvalue weighted by molar-refractivity contribution is 7.16. The molecule has 9 atom stereocenters. The number of nitrogens with zero attached hydrogens (tertiary/aromatic N) is 1. The van der Waals surface area contributed by atoms with Crippen molar-refractivity contribution in [1.82, 2.24) is 10.3 Å². The highest BCUT2D eigenvalue weighted by atomic mass is 32.1. The van der Waals surface area contributed by atoms with Gasteiger partial charge in [-0.05, 0) is 30.6 Å². The van der Waals surface area contributed by atoms with Crippen LogP contribution in [0, 0.1) is 28.6 Å². The molecule has 8 nitrogen and oxygen atoms in total. The Kier molecular flexibility index (Phi) is 4.00. The summed E-state index contributed by atoms with van der Waals surface area (Å²) in [5.41, 5.74) is -2.88. The Morgan fingerprint density at radius 1 is 1.25 bits per heavy atom. The number of thiazole rings is 1. The van der Waals surface area contributed by atoms with Gasteiger partial charge in [-0.1, -0.05) is 20.8 Å². The van der Waals surface area contributed by atoms with Gasteiger partial charge in [0, 0.05) is 35.8 Å². The van der Waals surface area contributed by atoms with Crippen LogP contribution in [-0.4, -0.2) is 71.3 Å². The number of nitrogens with one attached hydrogen (secondary N) is 2. The van der Waals surface area contributed by atoms with Crippen LogP contribution >= 0.6 is 11.3 Å². The third kappa shape index (κ3) is 1.94. The summed E-state index contributed by atoms with van der Waals surface area (Å²) in [7, 11) is 7.02. The molecule has 0 amide bonds. The van der Waals surface area contributed by atoms with Gasteiger partial charge in [-0.25, -0.2) is 4.98 Å². The molecule has 4 fully saturated rings. The second-order valence-corrected chi connectivity index (χ2v) is 12.5. The van der Waals surface area contributed by atoms with Crippen LogP contribution in [0.4, 0.5) is 5.13 Å². The molecule has 1 saturated heterocycles. The topological polar surface area (TPSA) is 134 Å². The average molecular weight is 459 g/mol. The lowest BCUT2D eigenvalue weighted by Crippen LogP contribution is -2.79. The molecule has 3 saturated carbocycles. The van der Waals surface area contributed by atoms with Crippen molar-refractivity contribution in [2.24, 2.45) is 28.6 Å². The fraction of sp³-hybridized carbons (Fsp3) is 0.818. The van der Waals surface area contributed by atoms with Gasteiger partial charge in [0.2, 0.25) is 13.8 Å². The van der Waals surface area contributed by atoms with E-state index in [4.69, 9.17) is 17.7 Å². The predicted molar refractivity (Wildman–Crippen MR) is 118 cm³/mol. The van der Waals surface area contributed by atoms with Crippen LogP contribution in [0.15, 0.2) is 0 Å². The predicted octanol–water partition coefficient (Wildman–Crippen LogP) is 0.102. The number of ketones is 1. The summed E-state index contributed by atoms with van der Waals surface area (Å²) < 4.78 is 5.69. The maximum Gasteiger partial charge on any atom is 0.225 e.